The molecule has 0 spiro atoms. The van der Waals surface area contributed by atoms with Gasteiger partial charge in [0.15, 0.2) is 5.96 Å². The molecule has 1 atom stereocenters. The molecule has 2 aromatic heterocycles. The van der Waals surface area contributed by atoms with Crippen LogP contribution in [0.25, 0.3) is 0 Å². The molecule has 1 aliphatic heterocycles. The molecule has 6 nitrogen and oxygen atoms in total. The van der Waals surface area contributed by atoms with Crippen LogP contribution in [0.15, 0.2) is 65.5 Å². The second-order valence-corrected chi connectivity index (χ2v) is 8.61. The summed E-state index contributed by atoms with van der Waals surface area (Å²) >= 11 is 1.84. The van der Waals surface area contributed by atoms with Crippen LogP contribution in [0.1, 0.15) is 34.9 Å². The molecule has 30 heavy (non-hydrogen) atoms. The SMILES string of the molecule is CN=C(NCc1ccc(Cn2ccnc2)cc1)NCC(c1cccs1)N1CCCC1. The van der Waals surface area contributed by atoms with Crippen LogP contribution in [0.3, 0.4) is 0 Å². The second-order valence-electron chi connectivity index (χ2n) is 7.63. The normalized spacial score (nSPS) is 16.0. The van der Waals surface area contributed by atoms with Crippen molar-refractivity contribution in [3.63, 3.8) is 0 Å². The first-order chi connectivity index (χ1) is 14.8. The number of hydrogen-bond acceptors (Lipinski definition) is 4. The lowest BCUT2D eigenvalue weighted by Gasteiger charge is -2.27. The summed E-state index contributed by atoms with van der Waals surface area (Å²) in [5.41, 5.74) is 2.50. The lowest BCUT2D eigenvalue weighted by atomic mass is 10.1. The van der Waals surface area contributed by atoms with Gasteiger partial charge in [-0.2, -0.15) is 0 Å². The van der Waals surface area contributed by atoms with Crippen LogP contribution < -0.4 is 10.6 Å². The highest BCUT2D eigenvalue weighted by atomic mass is 32.1. The molecule has 1 fully saturated rings. The van der Waals surface area contributed by atoms with Crippen LogP contribution in [-0.2, 0) is 13.1 Å². The van der Waals surface area contributed by atoms with E-state index in [1.807, 2.05) is 37.1 Å². The largest absolute Gasteiger partial charge is 0.354 e. The summed E-state index contributed by atoms with van der Waals surface area (Å²) in [4.78, 5) is 12.5. The summed E-state index contributed by atoms with van der Waals surface area (Å²) in [6, 6.07) is 13.5. The number of aliphatic imine (C=N–C) groups is 1. The van der Waals surface area contributed by atoms with E-state index in [9.17, 15) is 0 Å². The number of imidazole rings is 1. The van der Waals surface area contributed by atoms with Crippen molar-refractivity contribution in [2.24, 2.45) is 4.99 Å². The van der Waals surface area contributed by atoms with Crippen molar-refractivity contribution in [2.75, 3.05) is 26.7 Å². The Hall–Kier alpha value is -2.64. The molecule has 158 valence electrons. The average Bonchev–Trinajstić information content (AvgIpc) is 3.56. The maximum Gasteiger partial charge on any atom is 0.191 e. The van der Waals surface area contributed by atoms with Gasteiger partial charge in [0.1, 0.15) is 0 Å². The Labute approximate surface area is 182 Å². The number of likely N-dealkylation sites (tertiary alicyclic amines) is 1. The highest BCUT2D eigenvalue weighted by Crippen LogP contribution is 2.27. The molecule has 0 bridgehead atoms. The van der Waals surface area contributed by atoms with E-state index >= 15 is 0 Å². The number of benzene rings is 1. The average molecular weight is 423 g/mol. The molecular weight excluding hydrogens is 392 g/mol. The summed E-state index contributed by atoms with van der Waals surface area (Å²) in [5, 5.41) is 9.16. The van der Waals surface area contributed by atoms with Crippen LogP contribution in [0.5, 0.6) is 0 Å². The van der Waals surface area contributed by atoms with Gasteiger partial charge in [-0.25, -0.2) is 4.98 Å². The Morgan fingerprint density at radius 3 is 2.60 bits per heavy atom. The van der Waals surface area contributed by atoms with E-state index in [0.717, 1.165) is 25.6 Å². The summed E-state index contributed by atoms with van der Waals surface area (Å²) in [6.45, 7) is 4.82. The van der Waals surface area contributed by atoms with E-state index in [1.165, 1.54) is 41.9 Å². The first-order valence-electron chi connectivity index (χ1n) is 10.6. The predicted molar refractivity (Wildman–Crippen MR) is 124 cm³/mol. The van der Waals surface area contributed by atoms with Gasteiger partial charge in [-0.05, 0) is 48.5 Å². The third kappa shape index (κ3) is 5.49. The predicted octanol–water partition coefficient (Wildman–Crippen LogP) is 3.50. The standard InChI is InChI=1S/C23H30N6S/c1-24-23(27-16-21(22-5-4-14-30-22)29-11-2-3-12-29)26-15-19-6-8-20(9-7-19)17-28-13-10-25-18-28/h4-10,13-14,18,21H,2-3,11-12,15-17H2,1H3,(H2,24,26,27). The van der Waals surface area contributed by atoms with Gasteiger partial charge in [-0.3, -0.25) is 9.89 Å². The monoisotopic (exact) mass is 422 g/mol. The van der Waals surface area contributed by atoms with Crippen molar-refractivity contribution < 1.29 is 0 Å². The number of hydrogen-bond donors (Lipinski definition) is 2. The second kappa shape index (κ2) is 10.4. The molecule has 1 saturated heterocycles. The van der Waals surface area contributed by atoms with Gasteiger partial charge >= 0.3 is 0 Å². The lowest BCUT2D eigenvalue weighted by Crippen LogP contribution is -2.42. The van der Waals surface area contributed by atoms with E-state index < -0.39 is 0 Å². The van der Waals surface area contributed by atoms with Gasteiger partial charge in [0.2, 0.25) is 0 Å². The van der Waals surface area contributed by atoms with Gasteiger partial charge in [-0.1, -0.05) is 30.3 Å². The number of aromatic nitrogens is 2. The molecule has 1 aliphatic rings. The summed E-state index contributed by atoms with van der Waals surface area (Å²) in [6.07, 6.45) is 8.23. The van der Waals surface area contributed by atoms with Crippen LogP contribution in [0.2, 0.25) is 0 Å². The fourth-order valence-corrected chi connectivity index (χ4v) is 4.76. The minimum Gasteiger partial charge on any atom is -0.354 e. The Kier molecular flexibility index (Phi) is 7.16. The van der Waals surface area contributed by atoms with Crippen molar-refractivity contribution in [3.05, 3.63) is 76.5 Å². The maximum atomic E-state index is 4.42. The topological polar surface area (TPSA) is 57.5 Å². The van der Waals surface area contributed by atoms with Crippen molar-refractivity contribution >= 4 is 17.3 Å². The van der Waals surface area contributed by atoms with Gasteiger partial charge in [0.25, 0.3) is 0 Å². The Morgan fingerprint density at radius 1 is 1.13 bits per heavy atom. The van der Waals surface area contributed by atoms with Gasteiger partial charge in [0.05, 0.1) is 12.4 Å². The van der Waals surface area contributed by atoms with Gasteiger partial charge < -0.3 is 15.2 Å². The number of thiophene rings is 1. The Morgan fingerprint density at radius 2 is 1.93 bits per heavy atom. The van der Waals surface area contributed by atoms with Crippen LogP contribution >= 0.6 is 11.3 Å². The first kappa shape index (κ1) is 20.6. The quantitative estimate of drug-likeness (QED) is 0.431. The molecular formula is C23H30N6S. The Bertz CT molecular complexity index is 896. The number of nitrogens with zero attached hydrogens (tertiary/aromatic N) is 4. The minimum absolute atomic E-state index is 0.411. The molecule has 0 saturated carbocycles. The smallest absolute Gasteiger partial charge is 0.191 e. The number of rotatable bonds is 8. The van der Waals surface area contributed by atoms with Crippen LogP contribution in [-0.4, -0.2) is 47.1 Å². The highest BCUT2D eigenvalue weighted by molar-refractivity contribution is 7.10. The van der Waals surface area contributed by atoms with E-state index in [4.69, 9.17) is 0 Å². The molecule has 1 aromatic carbocycles. The molecule has 0 radical (unpaired) electrons. The molecule has 4 rings (SSSR count). The number of guanidine groups is 1. The third-order valence-corrected chi connectivity index (χ3v) is 6.52. The summed E-state index contributed by atoms with van der Waals surface area (Å²) in [5.74, 6) is 0.846. The van der Waals surface area contributed by atoms with Crippen molar-refractivity contribution in [1.82, 2.24) is 25.1 Å². The summed E-state index contributed by atoms with van der Waals surface area (Å²) < 4.78 is 2.07. The first-order valence-corrected chi connectivity index (χ1v) is 11.5. The van der Waals surface area contributed by atoms with E-state index in [0.29, 0.717) is 6.04 Å². The van der Waals surface area contributed by atoms with Gasteiger partial charge in [0, 0.05) is 44.0 Å². The van der Waals surface area contributed by atoms with Crippen molar-refractivity contribution in [1.29, 1.82) is 0 Å². The fourth-order valence-electron chi connectivity index (χ4n) is 3.90. The zero-order valence-corrected chi connectivity index (χ0v) is 18.3. The number of nitrogens with one attached hydrogen (secondary N) is 2. The van der Waals surface area contributed by atoms with E-state index in [2.05, 4.69) is 71.9 Å². The van der Waals surface area contributed by atoms with Crippen molar-refractivity contribution in [2.45, 2.75) is 32.0 Å². The zero-order valence-electron chi connectivity index (χ0n) is 17.5. The maximum absolute atomic E-state index is 4.42. The third-order valence-electron chi connectivity index (χ3n) is 5.55. The van der Waals surface area contributed by atoms with E-state index in [1.54, 1.807) is 0 Å². The molecule has 1 unspecified atom stereocenters. The van der Waals surface area contributed by atoms with Crippen molar-refractivity contribution in [3.8, 4) is 0 Å². The zero-order chi connectivity index (χ0) is 20.6. The van der Waals surface area contributed by atoms with E-state index in [-0.39, 0.29) is 0 Å². The Balaban J connectivity index is 1.29. The minimum atomic E-state index is 0.411. The van der Waals surface area contributed by atoms with Gasteiger partial charge in [-0.15, -0.1) is 11.3 Å². The van der Waals surface area contributed by atoms with Crippen LogP contribution in [0.4, 0.5) is 0 Å². The molecule has 3 heterocycles. The lowest BCUT2D eigenvalue weighted by molar-refractivity contribution is 0.249. The molecule has 3 aromatic rings. The molecule has 7 heteroatoms. The molecule has 2 N–H and O–H groups in total. The summed E-state index contributed by atoms with van der Waals surface area (Å²) in [7, 11) is 1.83. The molecule has 0 amide bonds. The van der Waals surface area contributed by atoms with Crippen LogP contribution in [0, 0.1) is 0 Å². The molecule has 0 aliphatic carbocycles. The fraction of sp³-hybridized carbons (Fsp3) is 0.391. The highest BCUT2D eigenvalue weighted by Gasteiger charge is 2.24.